The second-order valence-electron chi connectivity index (χ2n) is 6.04. The maximum Gasteiger partial charge on any atom is 0.162 e. The van der Waals surface area contributed by atoms with Gasteiger partial charge in [0.2, 0.25) is 0 Å². The van der Waals surface area contributed by atoms with Gasteiger partial charge in [0.05, 0.1) is 0 Å². The lowest BCUT2D eigenvalue weighted by molar-refractivity contribution is -0.117. The first-order valence-corrected chi connectivity index (χ1v) is 7.81. The van der Waals surface area contributed by atoms with Gasteiger partial charge < -0.3 is 4.90 Å². The molecule has 0 radical (unpaired) electrons. The van der Waals surface area contributed by atoms with Crippen LogP contribution in [0.5, 0.6) is 0 Å². The maximum absolute atomic E-state index is 12.1. The number of nitrogens with zero attached hydrogens (tertiary/aromatic N) is 1. The molecule has 3 rings (SSSR count). The molecular weight excluding hydrogens is 246 g/mol. The Morgan fingerprint density at radius 3 is 2.65 bits per heavy atom. The number of carbonyl (C=O) groups excluding carboxylic acids is 1. The summed E-state index contributed by atoms with van der Waals surface area (Å²) in [7, 11) is 0. The monoisotopic (exact) mass is 269 g/mol. The summed E-state index contributed by atoms with van der Waals surface area (Å²) >= 11 is 0. The molecule has 0 fully saturated rings. The normalized spacial score (nSPS) is 20.9. The van der Waals surface area contributed by atoms with Crippen LogP contribution in [-0.2, 0) is 11.2 Å². The van der Waals surface area contributed by atoms with E-state index in [1.165, 1.54) is 24.1 Å². The number of allylic oxidation sites excluding steroid dienone is 2. The highest BCUT2D eigenvalue weighted by molar-refractivity contribution is 5.97. The average Bonchev–Trinajstić information content (AvgIpc) is 2.49. The maximum atomic E-state index is 12.1. The fourth-order valence-corrected chi connectivity index (χ4v) is 3.57. The van der Waals surface area contributed by atoms with Crippen molar-refractivity contribution in [3.63, 3.8) is 0 Å². The molecule has 0 saturated heterocycles. The third kappa shape index (κ3) is 2.65. The first-order chi connectivity index (χ1) is 9.75. The van der Waals surface area contributed by atoms with Gasteiger partial charge in [0.15, 0.2) is 5.78 Å². The molecule has 1 atom stereocenters. The van der Waals surface area contributed by atoms with Gasteiger partial charge in [-0.1, -0.05) is 30.3 Å². The molecule has 1 aliphatic carbocycles. The van der Waals surface area contributed by atoms with Crippen LogP contribution >= 0.6 is 0 Å². The van der Waals surface area contributed by atoms with E-state index in [1.807, 2.05) is 0 Å². The van der Waals surface area contributed by atoms with Crippen LogP contribution in [0, 0.1) is 0 Å². The van der Waals surface area contributed by atoms with Crippen molar-refractivity contribution in [2.75, 3.05) is 6.54 Å². The minimum Gasteiger partial charge on any atom is -0.371 e. The highest BCUT2D eigenvalue weighted by atomic mass is 16.1. The van der Waals surface area contributed by atoms with Crippen molar-refractivity contribution in [2.24, 2.45) is 0 Å². The molecular formula is C18H23NO. The Labute approximate surface area is 121 Å². The van der Waals surface area contributed by atoms with Gasteiger partial charge >= 0.3 is 0 Å². The standard InChI is InChI=1S/C18H23NO/c1-14(13-15-7-3-2-4-8-15)19-12-11-18(20)16-9-5-6-10-17(16)19/h2-4,7-8,14H,5-6,9-13H2,1H3. The zero-order valence-electron chi connectivity index (χ0n) is 12.3. The third-order valence-electron chi connectivity index (χ3n) is 4.61. The van der Waals surface area contributed by atoms with E-state index >= 15 is 0 Å². The van der Waals surface area contributed by atoms with Crippen LogP contribution < -0.4 is 0 Å². The first kappa shape index (κ1) is 13.4. The van der Waals surface area contributed by atoms with Crippen molar-refractivity contribution in [3.05, 3.63) is 47.2 Å². The van der Waals surface area contributed by atoms with Crippen molar-refractivity contribution in [3.8, 4) is 0 Å². The number of rotatable bonds is 3. The van der Waals surface area contributed by atoms with Gasteiger partial charge in [-0.05, 0) is 44.6 Å². The molecule has 1 aliphatic heterocycles. The summed E-state index contributed by atoms with van der Waals surface area (Å²) in [5.41, 5.74) is 3.88. The first-order valence-electron chi connectivity index (χ1n) is 7.81. The molecule has 2 heteroatoms. The molecule has 1 aromatic carbocycles. The molecule has 1 unspecified atom stereocenters. The second kappa shape index (κ2) is 5.82. The molecule has 20 heavy (non-hydrogen) atoms. The van der Waals surface area contributed by atoms with Crippen molar-refractivity contribution in [1.82, 2.24) is 4.90 Å². The average molecular weight is 269 g/mol. The van der Waals surface area contributed by atoms with Crippen LogP contribution in [0.25, 0.3) is 0 Å². The molecule has 1 aromatic rings. The van der Waals surface area contributed by atoms with Crippen molar-refractivity contribution in [2.45, 2.75) is 51.5 Å². The molecule has 0 amide bonds. The molecule has 0 saturated carbocycles. The number of benzene rings is 1. The summed E-state index contributed by atoms with van der Waals surface area (Å²) in [6.45, 7) is 3.20. The minimum absolute atomic E-state index is 0.405. The quantitative estimate of drug-likeness (QED) is 0.833. The Morgan fingerprint density at radius 2 is 1.85 bits per heavy atom. The highest BCUT2D eigenvalue weighted by Gasteiger charge is 2.30. The summed E-state index contributed by atoms with van der Waals surface area (Å²) in [6, 6.07) is 11.1. The third-order valence-corrected chi connectivity index (χ3v) is 4.61. The van der Waals surface area contributed by atoms with Gasteiger partial charge in [0.25, 0.3) is 0 Å². The lowest BCUT2D eigenvalue weighted by Crippen LogP contribution is -2.41. The van der Waals surface area contributed by atoms with E-state index in [2.05, 4.69) is 42.2 Å². The number of carbonyl (C=O) groups is 1. The Kier molecular flexibility index (Phi) is 3.90. The number of Topliss-reactive ketones (excluding diaryl/α,β-unsaturated/α-hetero) is 1. The Hall–Kier alpha value is -1.57. The van der Waals surface area contributed by atoms with Crippen LogP contribution in [0.3, 0.4) is 0 Å². The van der Waals surface area contributed by atoms with E-state index in [0.29, 0.717) is 18.2 Å². The molecule has 2 aliphatic rings. The van der Waals surface area contributed by atoms with Gasteiger partial charge in [-0.3, -0.25) is 4.79 Å². The predicted octanol–water partition coefficient (Wildman–Crippen LogP) is 3.72. The van der Waals surface area contributed by atoms with E-state index < -0.39 is 0 Å². The van der Waals surface area contributed by atoms with Gasteiger partial charge in [-0.15, -0.1) is 0 Å². The fraction of sp³-hybridized carbons (Fsp3) is 0.500. The van der Waals surface area contributed by atoms with E-state index in [0.717, 1.165) is 31.4 Å². The number of hydrogen-bond donors (Lipinski definition) is 0. The van der Waals surface area contributed by atoms with E-state index in [1.54, 1.807) is 0 Å². The molecule has 1 heterocycles. The zero-order valence-corrected chi connectivity index (χ0v) is 12.3. The lowest BCUT2D eigenvalue weighted by Gasteiger charge is -2.39. The lowest BCUT2D eigenvalue weighted by atomic mass is 9.87. The summed E-state index contributed by atoms with van der Waals surface area (Å²) in [5, 5.41) is 0. The van der Waals surface area contributed by atoms with Crippen LogP contribution in [0.4, 0.5) is 0 Å². The molecule has 0 spiro atoms. The smallest absolute Gasteiger partial charge is 0.162 e. The van der Waals surface area contributed by atoms with E-state index in [9.17, 15) is 4.79 Å². The van der Waals surface area contributed by atoms with Gasteiger partial charge in [0, 0.05) is 30.3 Å². The summed E-state index contributed by atoms with van der Waals surface area (Å²) in [4.78, 5) is 14.6. The largest absolute Gasteiger partial charge is 0.371 e. The topological polar surface area (TPSA) is 20.3 Å². The molecule has 106 valence electrons. The van der Waals surface area contributed by atoms with Crippen LogP contribution in [-0.4, -0.2) is 23.3 Å². The van der Waals surface area contributed by atoms with E-state index in [-0.39, 0.29) is 0 Å². The fourth-order valence-electron chi connectivity index (χ4n) is 3.57. The Balaban J connectivity index is 1.79. The number of hydrogen-bond acceptors (Lipinski definition) is 2. The molecule has 0 aromatic heterocycles. The summed E-state index contributed by atoms with van der Waals surface area (Å²) in [6.07, 6.45) is 6.29. The molecule has 2 nitrogen and oxygen atoms in total. The number of ketones is 1. The van der Waals surface area contributed by atoms with Gasteiger partial charge in [-0.25, -0.2) is 0 Å². The Bertz CT molecular complexity index is 517. The van der Waals surface area contributed by atoms with Crippen LogP contribution in [0.1, 0.15) is 44.6 Å². The van der Waals surface area contributed by atoms with Crippen molar-refractivity contribution < 1.29 is 4.79 Å². The SMILES string of the molecule is CC(Cc1ccccc1)N1CCC(=O)C2=C1CCCC2. The highest BCUT2D eigenvalue weighted by Crippen LogP contribution is 2.33. The van der Waals surface area contributed by atoms with Crippen LogP contribution in [0.2, 0.25) is 0 Å². The second-order valence-corrected chi connectivity index (χ2v) is 6.04. The molecule has 0 N–H and O–H groups in total. The Morgan fingerprint density at radius 1 is 1.10 bits per heavy atom. The zero-order chi connectivity index (χ0) is 13.9. The van der Waals surface area contributed by atoms with Gasteiger partial charge in [-0.2, -0.15) is 0 Å². The van der Waals surface area contributed by atoms with Crippen molar-refractivity contribution in [1.29, 1.82) is 0 Å². The van der Waals surface area contributed by atoms with Crippen LogP contribution in [0.15, 0.2) is 41.6 Å². The van der Waals surface area contributed by atoms with Gasteiger partial charge in [0.1, 0.15) is 0 Å². The van der Waals surface area contributed by atoms with E-state index in [4.69, 9.17) is 0 Å². The predicted molar refractivity (Wildman–Crippen MR) is 81.4 cm³/mol. The molecule has 0 bridgehead atoms. The summed E-state index contributed by atoms with van der Waals surface area (Å²) < 4.78 is 0. The van der Waals surface area contributed by atoms with Crippen molar-refractivity contribution >= 4 is 5.78 Å². The minimum atomic E-state index is 0.405. The summed E-state index contributed by atoms with van der Waals surface area (Å²) in [5.74, 6) is 0.405.